The molecule has 0 aliphatic rings. The van der Waals surface area contributed by atoms with E-state index in [2.05, 4.69) is 0 Å². The van der Waals surface area contributed by atoms with Gasteiger partial charge in [-0.1, -0.05) is 0 Å². The lowest BCUT2D eigenvalue weighted by atomic mass is 10.2. The number of nitrogens with zero attached hydrogens (tertiary/aromatic N) is 1. The minimum Gasteiger partial charge on any atom is -0.375 e. The van der Waals surface area contributed by atoms with E-state index in [1.165, 1.54) is 7.11 Å². The molecule has 0 aromatic heterocycles. The van der Waals surface area contributed by atoms with Gasteiger partial charge in [-0.05, 0) is 32.4 Å². The van der Waals surface area contributed by atoms with Crippen molar-refractivity contribution in [3.63, 3.8) is 0 Å². The van der Waals surface area contributed by atoms with Crippen LogP contribution >= 0.6 is 12.4 Å². The van der Waals surface area contributed by atoms with Crippen LogP contribution in [0.25, 0.3) is 0 Å². The summed E-state index contributed by atoms with van der Waals surface area (Å²) in [5, 5.41) is 0. The normalized spacial score (nSPS) is 9.69. The molecule has 0 heterocycles. The van der Waals surface area contributed by atoms with Crippen molar-refractivity contribution in [2.24, 2.45) is 11.5 Å². The van der Waals surface area contributed by atoms with Crippen molar-refractivity contribution < 1.29 is 9.53 Å². The van der Waals surface area contributed by atoms with E-state index in [4.69, 9.17) is 16.2 Å². The number of hydrogen-bond acceptors (Lipinski definition) is 4. The Hall–Kier alpha value is -0.360. The zero-order valence-electron chi connectivity index (χ0n) is 9.98. The molecule has 0 saturated heterocycles. The Balaban J connectivity index is 0. The lowest BCUT2D eigenvalue weighted by Crippen LogP contribution is -2.36. The molecular formula is C10H24ClN3O2. The van der Waals surface area contributed by atoms with E-state index in [-0.39, 0.29) is 24.9 Å². The molecule has 0 unspecified atom stereocenters. The Labute approximate surface area is 104 Å². The van der Waals surface area contributed by atoms with Crippen LogP contribution in [0, 0.1) is 0 Å². The SMILES string of the molecule is COCC(=O)N(CCCN)CCCCN.Cl. The monoisotopic (exact) mass is 253 g/mol. The van der Waals surface area contributed by atoms with Crippen LogP contribution in [-0.2, 0) is 9.53 Å². The van der Waals surface area contributed by atoms with Crippen LogP contribution in [0.15, 0.2) is 0 Å². The Kier molecular flexibility index (Phi) is 14.3. The molecule has 0 fully saturated rings. The molecule has 0 aliphatic carbocycles. The molecule has 6 heteroatoms. The predicted octanol–water partition coefficient (Wildman–Crippen LogP) is -0.0291. The van der Waals surface area contributed by atoms with Crippen LogP contribution < -0.4 is 11.5 Å². The Bertz CT molecular complexity index is 170. The highest BCUT2D eigenvalue weighted by atomic mass is 35.5. The summed E-state index contributed by atoms with van der Waals surface area (Å²) in [5.41, 5.74) is 10.8. The lowest BCUT2D eigenvalue weighted by molar-refractivity contribution is -0.135. The Morgan fingerprint density at radius 2 is 1.69 bits per heavy atom. The van der Waals surface area contributed by atoms with Crippen LogP contribution in [-0.4, -0.2) is 50.7 Å². The van der Waals surface area contributed by atoms with Gasteiger partial charge in [-0.3, -0.25) is 4.79 Å². The molecule has 0 bridgehead atoms. The van der Waals surface area contributed by atoms with Crippen molar-refractivity contribution in [3.8, 4) is 0 Å². The summed E-state index contributed by atoms with van der Waals surface area (Å²) in [5.74, 6) is 0.0305. The standard InChI is InChI=1S/C10H23N3O2.ClH/c1-15-9-10(14)13(8-4-6-12)7-3-2-5-11;/h2-9,11-12H2,1H3;1H. The fourth-order valence-electron chi connectivity index (χ4n) is 1.31. The zero-order chi connectivity index (χ0) is 11.5. The maximum atomic E-state index is 11.6. The lowest BCUT2D eigenvalue weighted by Gasteiger charge is -2.22. The Morgan fingerprint density at radius 3 is 2.19 bits per heavy atom. The van der Waals surface area contributed by atoms with E-state index in [1.807, 2.05) is 0 Å². The number of rotatable bonds is 9. The van der Waals surface area contributed by atoms with Gasteiger partial charge in [0, 0.05) is 20.2 Å². The van der Waals surface area contributed by atoms with Crippen molar-refractivity contribution in [1.29, 1.82) is 0 Å². The fraction of sp³-hybridized carbons (Fsp3) is 0.900. The molecule has 5 nitrogen and oxygen atoms in total. The van der Waals surface area contributed by atoms with Gasteiger partial charge in [0.25, 0.3) is 0 Å². The largest absolute Gasteiger partial charge is 0.375 e. The summed E-state index contributed by atoms with van der Waals surface area (Å²) in [6.45, 7) is 2.88. The van der Waals surface area contributed by atoms with E-state index < -0.39 is 0 Å². The minimum atomic E-state index is 0. The molecule has 0 spiro atoms. The van der Waals surface area contributed by atoms with E-state index >= 15 is 0 Å². The highest BCUT2D eigenvalue weighted by Crippen LogP contribution is 1.97. The van der Waals surface area contributed by atoms with Gasteiger partial charge in [-0.2, -0.15) is 0 Å². The third-order valence-corrected chi connectivity index (χ3v) is 2.13. The van der Waals surface area contributed by atoms with Crippen molar-refractivity contribution in [2.45, 2.75) is 19.3 Å². The van der Waals surface area contributed by atoms with Gasteiger partial charge in [0.15, 0.2) is 0 Å². The van der Waals surface area contributed by atoms with Crippen molar-refractivity contribution >= 4 is 18.3 Å². The summed E-state index contributed by atoms with van der Waals surface area (Å²) in [7, 11) is 1.53. The average Bonchev–Trinajstić information content (AvgIpc) is 2.23. The Morgan fingerprint density at radius 1 is 1.12 bits per heavy atom. The first-order valence-corrected chi connectivity index (χ1v) is 5.43. The fourth-order valence-corrected chi connectivity index (χ4v) is 1.31. The van der Waals surface area contributed by atoms with Crippen molar-refractivity contribution in [3.05, 3.63) is 0 Å². The van der Waals surface area contributed by atoms with E-state index in [0.717, 1.165) is 25.8 Å². The van der Waals surface area contributed by atoms with Crippen LogP contribution in [0.4, 0.5) is 0 Å². The number of nitrogens with two attached hydrogens (primary N) is 2. The number of carbonyl (C=O) groups is 1. The van der Waals surface area contributed by atoms with Crippen LogP contribution in [0.3, 0.4) is 0 Å². The number of carbonyl (C=O) groups excluding carboxylic acids is 1. The minimum absolute atomic E-state index is 0. The number of amides is 1. The summed E-state index contributed by atoms with van der Waals surface area (Å²) in [6, 6.07) is 0. The van der Waals surface area contributed by atoms with Crippen molar-refractivity contribution in [2.75, 3.05) is 39.9 Å². The third kappa shape index (κ3) is 8.91. The van der Waals surface area contributed by atoms with E-state index in [9.17, 15) is 4.79 Å². The number of halogens is 1. The van der Waals surface area contributed by atoms with Crippen LogP contribution in [0.5, 0.6) is 0 Å². The third-order valence-electron chi connectivity index (χ3n) is 2.13. The predicted molar refractivity (Wildman–Crippen MR) is 67.7 cm³/mol. The number of hydrogen-bond donors (Lipinski definition) is 2. The molecule has 1 amide bonds. The molecule has 0 aliphatic heterocycles. The molecule has 0 aromatic carbocycles. The second kappa shape index (κ2) is 12.7. The number of ether oxygens (including phenoxy) is 1. The summed E-state index contributed by atoms with van der Waals surface area (Å²) >= 11 is 0. The first-order chi connectivity index (χ1) is 7.26. The van der Waals surface area contributed by atoms with Gasteiger partial charge in [0.05, 0.1) is 0 Å². The molecule has 0 rings (SSSR count). The molecule has 0 radical (unpaired) electrons. The highest BCUT2D eigenvalue weighted by molar-refractivity contribution is 5.85. The van der Waals surface area contributed by atoms with Gasteiger partial charge in [0.1, 0.15) is 6.61 Å². The molecular weight excluding hydrogens is 230 g/mol. The van der Waals surface area contributed by atoms with Gasteiger partial charge in [-0.25, -0.2) is 0 Å². The number of methoxy groups -OCH3 is 1. The van der Waals surface area contributed by atoms with E-state index in [0.29, 0.717) is 19.6 Å². The van der Waals surface area contributed by atoms with Crippen LogP contribution in [0.2, 0.25) is 0 Å². The summed E-state index contributed by atoms with van der Waals surface area (Å²) in [6.07, 6.45) is 2.72. The topological polar surface area (TPSA) is 81.6 Å². The maximum Gasteiger partial charge on any atom is 0.248 e. The van der Waals surface area contributed by atoms with Gasteiger partial charge in [-0.15, -0.1) is 12.4 Å². The molecule has 16 heavy (non-hydrogen) atoms. The maximum absolute atomic E-state index is 11.6. The quantitative estimate of drug-likeness (QED) is 0.566. The molecule has 98 valence electrons. The van der Waals surface area contributed by atoms with Gasteiger partial charge >= 0.3 is 0 Å². The summed E-state index contributed by atoms with van der Waals surface area (Å²) in [4.78, 5) is 13.4. The van der Waals surface area contributed by atoms with Gasteiger partial charge in [0.2, 0.25) is 5.91 Å². The molecule has 0 saturated carbocycles. The summed E-state index contributed by atoms with van der Waals surface area (Å²) < 4.78 is 4.82. The van der Waals surface area contributed by atoms with Crippen LogP contribution in [0.1, 0.15) is 19.3 Å². The first kappa shape index (κ1) is 18.0. The average molecular weight is 254 g/mol. The highest BCUT2D eigenvalue weighted by Gasteiger charge is 2.11. The zero-order valence-corrected chi connectivity index (χ0v) is 10.8. The second-order valence-electron chi connectivity index (χ2n) is 3.45. The molecule has 4 N–H and O–H groups in total. The van der Waals surface area contributed by atoms with Gasteiger partial charge < -0.3 is 21.1 Å². The molecule has 0 atom stereocenters. The molecule has 0 aromatic rings. The smallest absolute Gasteiger partial charge is 0.248 e. The second-order valence-corrected chi connectivity index (χ2v) is 3.45. The first-order valence-electron chi connectivity index (χ1n) is 5.43. The van der Waals surface area contributed by atoms with Crippen molar-refractivity contribution in [1.82, 2.24) is 4.90 Å². The van der Waals surface area contributed by atoms with E-state index in [1.54, 1.807) is 4.90 Å². The number of unbranched alkanes of at least 4 members (excludes halogenated alkanes) is 1.